The SMILES string of the molecule is CCCNC(=O)[C@H]1OCC(=O)N(C)[C@@H]1c1cccc(F)c1. The molecular weight excluding hydrogens is 275 g/mol. The Hall–Kier alpha value is -1.95. The first-order chi connectivity index (χ1) is 10.0. The van der Waals surface area contributed by atoms with Gasteiger partial charge in [0.05, 0.1) is 6.04 Å². The normalized spacial score (nSPS) is 22.2. The monoisotopic (exact) mass is 294 g/mol. The van der Waals surface area contributed by atoms with E-state index in [2.05, 4.69) is 5.32 Å². The summed E-state index contributed by atoms with van der Waals surface area (Å²) in [6, 6.07) is 5.26. The number of carbonyl (C=O) groups excluding carboxylic acids is 2. The molecule has 1 fully saturated rings. The maximum atomic E-state index is 13.4. The summed E-state index contributed by atoms with van der Waals surface area (Å²) in [5.41, 5.74) is 0.544. The molecule has 1 aliphatic heterocycles. The standard InChI is InChI=1S/C15H19FN2O3/c1-3-7-17-15(20)14-13(18(2)12(19)9-21-14)10-5-4-6-11(16)8-10/h4-6,8,13-14H,3,7,9H2,1-2H3,(H,17,20)/t13-,14+/m1/s1. The van der Waals surface area contributed by atoms with E-state index in [0.29, 0.717) is 12.1 Å². The summed E-state index contributed by atoms with van der Waals surface area (Å²) in [5.74, 6) is -0.930. The first kappa shape index (κ1) is 15.4. The number of carbonyl (C=O) groups is 2. The second-order valence-corrected chi connectivity index (χ2v) is 5.03. The lowest BCUT2D eigenvalue weighted by Gasteiger charge is -2.38. The number of rotatable bonds is 4. The average molecular weight is 294 g/mol. The fourth-order valence-corrected chi connectivity index (χ4v) is 2.37. The largest absolute Gasteiger partial charge is 0.356 e. The molecule has 0 spiro atoms. The van der Waals surface area contributed by atoms with E-state index in [1.165, 1.54) is 17.0 Å². The second-order valence-electron chi connectivity index (χ2n) is 5.03. The Kier molecular flexibility index (Phi) is 4.90. The molecular formula is C15H19FN2O3. The number of benzene rings is 1. The summed E-state index contributed by atoms with van der Waals surface area (Å²) >= 11 is 0. The molecule has 0 aliphatic carbocycles. The Balaban J connectivity index is 2.29. The van der Waals surface area contributed by atoms with Crippen LogP contribution in [0.3, 0.4) is 0 Å². The van der Waals surface area contributed by atoms with Crippen LogP contribution < -0.4 is 5.32 Å². The molecule has 0 unspecified atom stereocenters. The van der Waals surface area contributed by atoms with Gasteiger partial charge in [-0.3, -0.25) is 9.59 Å². The van der Waals surface area contributed by atoms with Gasteiger partial charge in [-0.25, -0.2) is 4.39 Å². The predicted octanol–water partition coefficient (Wildman–Crippen LogP) is 1.25. The molecule has 6 heteroatoms. The van der Waals surface area contributed by atoms with Gasteiger partial charge in [0.25, 0.3) is 5.91 Å². The van der Waals surface area contributed by atoms with Crippen LogP contribution in [0, 0.1) is 5.82 Å². The zero-order chi connectivity index (χ0) is 15.4. The maximum Gasteiger partial charge on any atom is 0.251 e. The lowest BCUT2D eigenvalue weighted by Crippen LogP contribution is -2.53. The van der Waals surface area contributed by atoms with E-state index < -0.39 is 18.0 Å². The van der Waals surface area contributed by atoms with Gasteiger partial charge in [0, 0.05) is 13.6 Å². The summed E-state index contributed by atoms with van der Waals surface area (Å²) in [6.45, 7) is 2.33. The summed E-state index contributed by atoms with van der Waals surface area (Å²) < 4.78 is 18.8. The zero-order valence-electron chi connectivity index (χ0n) is 12.1. The quantitative estimate of drug-likeness (QED) is 0.909. The van der Waals surface area contributed by atoms with Crippen molar-refractivity contribution >= 4 is 11.8 Å². The summed E-state index contributed by atoms with van der Waals surface area (Å²) in [5, 5.41) is 2.76. The number of hydrogen-bond acceptors (Lipinski definition) is 3. The molecule has 1 aromatic carbocycles. The lowest BCUT2D eigenvalue weighted by atomic mass is 9.97. The van der Waals surface area contributed by atoms with Gasteiger partial charge >= 0.3 is 0 Å². The number of amides is 2. The minimum Gasteiger partial charge on any atom is -0.356 e. The van der Waals surface area contributed by atoms with E-state index in [0.717, 1.165) is 6.42 Å². The molecule has 21 heavy (non-hydrogen) atoms. The highest BCUT2D eigenvalue weighted by Gasteiger charge is 2.39. The van der Waals surface area contributed by atoms with Crippen LogP contribution in [0.25, 0.3) is 0 Å². The van der Waals surface area contributed by atoms with Gasteiger partial charge in [-0.1, -0.05) is 19.1 Å². The summed E-state index contributed by atoms with van der Waals surface area (Å²) in [6.07, 6.45) is -0.0289. The zero-order valence-corrected chi connectivity index (χ0v) is 12.1. The number of halogens is 1. The van der Waals surface area contributed by atoms with E-state index in [9.17, 15) is 14.0 Å². The van der Waals surface area contributed by atoms with Crippen LogP contribution >= 0.6 is 0 Å². The molecule has 0 aromatic heterocycles. The van der Waals surface area contributed by atoms with Gasteiger partial charge < -0.3 is 15.0 Å². The fourth-order valence-electron chi connectivity index (χ4n) is 2.37. The molecule has 0 bridgehead atoms. The van der Waals surface area contributed by atoms with Crippen LogP contribution in [0.2, 0.25) is 0 Å². The van der Waals surface area contributed by atoms with E-state index in [4.69, 9.17) is 4.74 Å². The van der Waals surface area contributed by atoms with E-state index >= 15 is 0 Å². The number of likely N-dealkylation sites (N-methyl/N-ethyl adjacent to an activating group) is 1. The maximum absolute atomic E-state index is 13.4. The van der Waals surface area contributed by atoms with E-state index in [-0.39, 0.29) is 18.4 Å². The first-order valence-corrected chi connectivity index (χ1v) is 6.95. The molecule has 2 rings (SSSR count). The van der Waals surface area contributed by atoms with Crippen molar-refractivity contribution in [3.8, 4) is 0 Å². The fraction of sp³-hybridized carbons (Fsp3) is 0.467. The predicted molar refractivity (Wildman–Crippen MR) is 75.0 cm³/mol. The van der Waals surface area contributed by atoms with Crippen molar-refractivity contribution in [1.82, 2.24) is 10.2 Å². The van der Waals surface area contributed by atoms with Crippen LogP contribution in [0.5, 0.6) is 0 Å². The molecule has 114 valence electrons. The molecule has 1 aliphatic rings. The summed E-state index contributed by atoms with van der Waals surface area (Å²) in [4.78, 5) is 25.5. The van der Waals surface area contributed by atoms with Crippen molar-refractivity contribution in [2.24, 2.45) is 0 Å². The smallest absolute Gasteiger partial charge is 0.251 e. The van der Waals surface area contributed by atoms with Crippen molar-refractivity contribution < 1.29 is 18.7 Å². The Labute approximate surface area is 123 Å². The molecule has 1 saturated heterocycles. The van der Waals surface area contributed by atoms with Crippen LogP contribution in [0.4, 0.5) is 4.39 Å². The second kappa shape index (κ2) is 6.67. The highest BCUT2D eigenvalue weighted by molar-refractivity contribution is 5.86. The first-order valence-electron chi connectivity index (χ1n) is 6.95. The van der Waals surface area contributed by atoms with Crippen molar-refractivity contribution in [2.45, 2.75) is 25.5 Å². The van der Waals surface area contributed by atoms with Gasteiger partial charge in [-0.2, -0.15) is 0 Å². The molecule has 2 amide bonds. The Bertz CT molecular complexity index is 535. The molecule has 2 atom stereocenters. The molecule has 1 aromatic rings. The lowest BCUT2D eigenvalue weighted by molar-refractivity contribution is -0.162. The number of nitrogens with one attached hydrogen (secondary N) is 1. The minimum absolute atomic E-state index is 0.146. The number of morpholine rings is 1. The van der Waals surface area contributed by atoms with Crippen molar-refractivity contribution in [3.63, 3.8) is 0 Å². The molecule has 0 radical (unpaired) electrons. The third kappa shape index (κ3) is 3.39. The van der Waals surface area contributed by atoms with Crippen LogP contribution in [-0.2, 0) is 14.3 Å². The summed E-state index contributed by atoms with van der Waals surface area (Å²) in [7, 11) is 1.60. The van der Waals surface area contributed by atoms with Gasteiger partial charge in [-0.05, 0) is 24.1 Å². The van der Waals surface area contributed by atoms with Crippen LogP contribution in [0.1, 0.15) is 24.9 Å². The Morgan fingerprint density at radius 2 is 2.29 bits per heavy atom. The molecule has 1 heterocycles. The minimum atomic E-state index is -0.832. The van der Waals surface area contributed by atoms with Gasteiger partial charge in [0.2, 0.25) is 5.91 Å². The van der Waals surface area contributed by atoms with Crippen molar-refractivity contribution in [2.75, 3.05) is 20.2 Å². The van der Waals surface area contributed by atoms with Gasteiger partial charge in [-0.15, -0.1) is 0 Å². The third-order valence-corrected chi connectivity index (χ3v) is 3.48. The van der Waals surface area contributed by atoms with Crippen LogP contribution in [-0.4, -0.2) is 43.0 Å². The third-order valence-electron chi connectivity index (χ3n) is 3.48. The highest BCUT2D eigenvalue weighted by Crippen LogP contribution is 2.29. The highest BCUT2D eigenvalue weighted by atomic mass is 19.1. The van der Waals surface area contributed by atoms with Crippen molar-refractivity contribution in [1.29, 1.82) is 0 Å². The van der Waals surface area contributed by atoms with Crippen molar-refractivity contribution in [3.05, 3.63) is 35.6 Å². The molecule has 1 N–H and O–H groups in total. The van der Waals surface area contributed by atoms with E-state index in [1.54, 1.807) is 19.2 Å². The van der Waals surface area contributed by atoms with Crippen LogP contribution in [0.15, 0.2) is 24.3 Å². The van der Waals surface area contributed by atoms with Gasteiger partial charge in [0.1, 0.15) is 12.4 Å². The average Bonchev–Trinajstić information content (AvgIpc) is 2.47. The molecule has 0 saturated carbocycles. The topological polar surface area (TPSA) is 58.6 Å². The Morgan fingerprint density at radius 3 is 2.95 bits per heavy atom. The number of nitrogens with zero attached hydrogens (tertiary/aromatic N) is 1. The Morgan fingerprint density at radius 1 is 1.52 bits per heavy atom. The van der Waals surface area contributed by atoms with E-state index in [1.807, 2.05) is 6.92 Å². The molecule has 5 nitrogen and oxygen atoms in total. The number of hydrogen-bond donors (Lipinski definition) is 1. The number of ether oxygens (including phenoxy) is 1. The van der Waals surface area contributed by atoms with Gasteiger partial charge in [0.15, 0.2) is 6.10 Å².